The lowest BCUT2D eigenvalue weighted by Crippen LogP contribution is -2.41. The Balaban J connectivity index is 3.78. The van der Waals surface area contributed by atoms with Crippen LogP contribution in [-0.2, 0) is 16.1 Å². The minimum Gasteiger partial charge on any atom is -0.597 e. The Morgan fingerprint density at radius 1 is 1.25 bits per heavy atom. The van der Waals surface area contributed by atoms with Gasteiger partial charge >= 0.3 is 0 Å². The average molecular weight is 265 g/mol. The summed E-state index contributed by atoms with van der Waals surface area (Å²) in [6, 6.07) is 1.16. The highest BCUT2D eigenvalue weighted by molar-refractivity contribution is 7.90. The molecule has 0 N–H and O–H groups in total. The van der Waals surface area contributed by atoms with Crippen molar-refractivity contribution >= 4 is 19.4 Å². The molecule has 1 unspecified atom stereocenters. The first-order valence-electron chi connectivity index (χ1n) is 5.75. The van der Waals surface area contributed by atoms with Crippen LogP contribution in [0.15, 0.2) is 0 Å². The zero-order valence-corrected chi connectivity index (χ0v) is 13.6. The summed E-state index contributed by atoms with van der Waals surface area (Å²) in [5.41, 5.74) is 0. The second-order valence-corrected chi connectivity index (χ2v) is 14.3. The van der Waals surface area contributed by atoms with E-state index in [1.165, 1.54) is 0 Å². The quantitative estimate of drug-likeness (QED) is 0.321. The van der Waals surface area contributed by atoms with E-state index in [1.54, 1.807) is 4.31 Å². The summed E-state index contributed by atoms with van der Waals surface area (Å²) < 4.78 is 19.0. The number of hydrogen-bond acceptors (Lipinski definition) is 3. The summed E-state index contributed by atoms with van der Waals surface area (Å²) in [5.74, 6) is 0. The van der Waals surface area contributed by atoms with Crippen LogP contribution in [0.1, 0.15) is 20.8 Å². The Kier molecular flexibility index (Phi) is 6.58. The zero-order valence-electron chi connectivity index (χ0n) is 11.8. The maximum atomic E-state index is 11.9. The number of hydrogen-bond donors (Lipinski definition) is 0. The molecule has 0 saturated carbocycles. The molecule has 0 aliphatic carbocycles. The van der Waals surface area contributed by atoms with Gasteiger partial charge in [0.15, 0.2) is 0 Å². The molecule has 0 aromatic heterocycles. The molecule has 0 fully saturated rings. The van der Waals surface area contributed by atoms with Gasteiger partial charge in [-0.05, 0) is 26.8 Å². The number of rotatable bonds is 6. The van der Waals surface area contributed by atoms with Crippen molar-refractivity contribution in [3.63, 3.8) is 0 Å². The SMILES string of the molecule is CN(COCC[Si](C)(C)C)[S+]([O-])C(C)(C)C. The van der Waals surface area contributed by atoms with Crippen LogP contribution in [0.4, 0.5) is 0 Å². The van der Waals surface area contributed by atoms with E-state index in [0.29, 0.717) is 6.73 Å². The molecule has 0 aliphatic rings. The maximum Gasteiger partial charge on any atom is 0.142 e. The lowest BCUT2D eigenvalue weighted by Gasteiger charge is -2.29. The molecule has 3 nitrogen and oxygen atoms in total. The van der Waals surface area contributed by atoms with Crippen molar-refractivity contribution in [2.75, 3.05) is 20.4 Å². The summed E-state index contributed by atoms with van der Waals surface area (Å²) in [6.45, 7) is 14.1. The smallest absolute Gasteiger partial charge is 0.142 e. The molecule has 0 bridgehead atoms. The van der Waals surface area contributed by atoms with E-state index in [0.717, 1.165) is 12.7 Å². The predicted octanol–water partition coefficient (Wildman–Crippen LogP) is 2.69. The Bertz CT molecular complexity index is 201. The normalized spacial score (nSPS) is 15.6. The predicted molar refractivity (Wildman–Crippen MR) is 74.6 cm³/mol. The Hall–Kier alpha value is 0.447. The Labute approximate surface area is 105 Å². The fourth-order valence-electron chi connectivity index (χ4n) is 1.09. The lowest BCUT2D eigenvalue weighted by molar-refractivity contribution is 0.0896. The van der Waals surface area contributed by atoms with E-state index in [-0.39, 0.29) is 4.75 Å². The Morgan fingerprint density at radius 3 is 2.12 bits per heavy atom. The van der Waals surface area contributed by atoms with Crippen molar-refractivity contribution in [2.45, 2.75) is 51.2 Å². The van der Waals surface area contributed by atoms with Gasteiger partial charge in [-0.1, -0.05) is 19.6 Å². The first kappa shape index (κ1) is 16.4. The van der Waals surface area contributed by atoms with Gasteiger partial charge in [-0.2, -0.15) is 0 Å². The van der Waals surface area contributed by atoms with Crippen molar-refractivity contribution in [2.24, 2.45) is 0 Å². The second-order valence-electron chi connectivity index (χ2n) is 6.34. The fraction of sp³-hybridized carbons (Fsp3) is 1.00. The van der Waals surface area contributed by atoms with Gasteiger partial charge in [0.1, 0.15) is 11.5 Å². The van der Waals surface area contributed by atoms with Crippen molar-refractivity contribution in [1.29, 1.82) is 0 Å². The first-order valence-corrected chi connectivity index (χ1v) is 10.6. The van der Waals surface area contributed by atoms with E-state index >= 15 is 0 Å². The number of ether oxygens (including phenoxy) is 1. The summed E-state index contributed by atoms with van der Waals surface area (Å²) in [5, 5.41) is 0. The van der Waals surface area contributed by atoms with E-state index in [4.69, 9.17) is 4.74 Å². The maximum absolute atomic E-state index is 11.9. The van der Waals surface area contributed by atoms with Crippen LogP contribution < -0.4 is 0 Å². The van der Waals surface area contributed by atoms with Gasteiger partial charge in [-0.15, -0.1) is 4.31 Å². The van der Waals surface area contributed by atoms with Gasteiger partial charge in [0.2, 0.25) is 0 Å². The minimum absolute atomic E-state index is 0.211. The highest BCUT2D eigenvalue weighted by Crippen LogP contribution is 2.18. The second kappa shape index (κ2) is 6.40. The minimum atomic E-state index is -1.01. The molecule has 16 heavy (non-hydrogen) atoms. The fourth-order valence-corrected chi connectivity index (χ4v) is 2.95. The van der Waals surface area contributed by atoms with Gasteiger partial charge in [0.05, 0.1) is 0 Å². The van der Waals surface area contributed by atoms with Crippen LogP contribution in [0.3, 0.4) is 0 Å². The molecule has 0 rings (SSSR count). The highest BCUT2D eigenvalue weighted by Gasteiger charge is 2.30. The van der Waals surface area contributed by atoms with E-state index in [9.17, 15) is 4.55 Å². The molecule has 5 heteroatoms. The van der Waals surface area contributed by atoms with Crippen molar-refractivity contribution in [3.05, 3.63) is 0 Å². The van der Waals surface area contributed by atoms with Crippen LogP contribution in [-0.4, -0.2) is 42.1 Å². The molecular weight excluding hydrogens is 238 g/mol. The van der Waals surface area contributed by atoms with Crippen LogP contribution in [0, 0.1) is 0 Å². The summed E-state index contributed by atoms with van der Waals surface area (Å²) in [4.78, 5) is 0. The molecule has 0 saturated heterocycles. The van der Waals surface area contributed by atoms with Crippen LogP contribution >= 0.6 is 0 Å². The lowest BCUT2D eigenvalue weighted by atomic mass is 10.3. The van der Waals surface area contributed by atoms with E-state index < -0.39 is 19.4 Å². The molecule has 0 spiro atoms. The third-order valence-corrected chi connectivity index (χ3v) is 5.50. The van der Waals surface area contributed by atoms with E-state index in [2.05, 4.69) is 19.6 Å². The summed E-state index contributed by atoms with van der Waals surface area (Å²) in [7, 11) is 0.831. The highest BCUT2D eigenvalue weighted by atomic mass is 32.2. The molecule has 0 aliphatic heterocycles. The molecule has 0 aromatic carbocycles. The van der Waals surface area contributed by atoms with E-state index in [1.807, 2.05) is 27.8 Å². The summed E-state index contributed by atoms with van der Waals surface area (Å²) in [6.07, 6.45) is 0. The summed E-state index contributed by atoms with van der Waals surface area (Å²) >= 11 is -0.987. The van der Waals surface area contributed by atoms with Gasteiger partial charge < -0.3 is 9.29 Å². The van der Waals surface area contributed by atoms with Crippen molar-refractivity contribution < 1.29 is 9.29 Å². The van der Waals surface area contributed by atoms with Gasteiger partial charge in [-0.25, -0.2) is 0 Å². The van der Waals surface area contributed by atoms with Crippen LogP contribution in [0.5, 0.6) is 0 Å². The molecule has 1 atom stereocenters. The third-order valence-electron chi connectivity index (χ3n) is 2.08. The van der Waals surface area contributed by atoms with Crippen molar-refractivity contribution in [3.8, 4) is 0 Å². The zero-order chi connectivity index (χ0) is 13.0. The molecule has 0 amide bonds. The van der Waals surface area contributed by atoms with Gasteiger partial charge in [-0.3, -0.25) is 0 Å². The van der Waals surface area contributed by atoms with Crippen molar-refractivity contribution in [1.82, 2.24) is 4.31 Å². The topological polar surface area (TPSA) is 35.5 Å². The molecular formula is C11H27NO2SSi. The van der Waals surface area contributed by atoms with Crippen LogP contribution in [0.25, 0.3) is 0 Å². The first-order chi connectivity index (χ1) is 7.04. The Morgan fingerprint density at radius 2 is 1.75 bits per heavy atom. The molecule has 98 valence electrons. The average Bonchev–Trinajstić information content (AvgIpc) is 2.07. The standard InChI is InChI=1S/C11H27NO2SSi/c1-11(2,3)15(13)12(4)10-14-8-9-16(5,6)7/h8-10H2,1-7H3. The number of nitrogens with zero attached hydrogens (tertiary/aromatic N) is 1. The third kappa shape index (κ3) is 7.68. The molecule has 0 radical (unpaired) electrons. The molecule has 0 aromatic rings. The van der Waals surface area contributed by atoms with Gasteiger partial charge in [0, 0.05) is 33.1 Å². The largest absolute Gasteiger partial charge is 0.597 e. The van der Waals surface area contributed by atoms with Gasteiger partial charge in [0.25, 0.3) is 0 Å². The molecule has 0 heterocycles. The monoisotopic (exact) mass is 265 g/mol. The van der Waals surface area contributed by atoms with Crippen LogP contribution in [0.2, 0.25) is 25.7 Å².